The lowest BCUT2D eigenvalue weighted by Crippen LogP contribution is -2.53. The van der Waals surface area contributed by atoms with Crippen molar-refractivity contribution in [3.8, 4) is 0 Å². The summed E-state index contributed by atoms with van der Waals surface area (Å²) >= 11 is 0. The highest BCUT2D eigenvalue weighted by Crippen LogP contribution is 2.61. The first-order chi connectivity index (χ1) is 14.8. The molecule has 170 valence electrons. The smallest absolute Gasteiger partial charge is 0.226 e. The summed E-state index contributed by atoms with van der Waals surface area (Å²) in [6, 6.07) is 0. The minimum absolute atomic E-state index is 0.0245. The Morgan fingerprint density at radius 2 is 1.81 bits per heavy atom. The number of nitrogens with zero attached hydrogens (tertiary/aromatic N) is 3. The van der Waals surface area contributed by atoms with Gasteiger partial charge in [-0.2, -0.15) is 0 Å². The molecule has 1 aromatic heterocycles. The molecule has 1 aromatic rings. The Bertz CT molecular complexity index is 804. The second-order valence-electron chi connectivity index (χ2n) is 11.4. The summed E-state index contributed by atoms with van der Waals surface area (Å²) in [5, 5.41) is 14.7. The molecule has 6 heteroatoms. The molecule has 4 aliphatic carbocycles. The van der Waals surface area contributed by atoms with E-state index in [4.69, 9.17) is 0 Å². The van der Waals surface area contributed by atoms with E-state index in [0.29, 0.717) is 25.6 Å². The molecule has 1 amide bonds. The number of aliphatic hydroxyl groups excluding tert-OH is 1. The van der Waals surface area contributed by atoms with Crippen molar-refractivity contribution < 1.29 is 9.90 Å². The zero-order valence-corrected chi connectivity index (χ0v) is 19.3. The van der Waals surface area contributed by atoms with Crippen molar-refractivity contribution in [3.63, 3.8) is 0 Å². The quantitative estimate of drug-likeness (QED) is 0.726. The van der Waals surface area contributed by atoms with E-state index in [1.165, 1.54) is 38.5 Å². The van der Waals surface area contributed by atoms with Gasteiger partial charge in [0.05, 0.1) is 18.3 Å². The summed E-state index contributed by atoms with van der Waals surface area (Å²) in [5.74, 6) is 3.93. The van der Waals surface area contributed by atoms with Gasteiger partial charge >= 0.3 is 0 Å². The molecule has 2 N–H and O–H groups in total. The van der Waals surface area contributed by atoms with Crippen molar-refractivity contribution in [1.82, 2.24) is 14.9 Å². The Balaban J connectivity index is 1.25. The first kappa shape index (κ1) is 21.2. The molecule has 4 fully saturated rings. The van der Waals surface area contributed by atoms with Crippen molar-refractivity contribution in [2.75, 3.05) is 18.4 Å². The fraction of sp³-hybridized carbons (Fsp3) is 0.800. The maximum atomic E-state index is 12.8. The molecule has 2 heterocycles. The molecule has 2 atom stereocenters. The summed E-state index contributed by atoms with van der Waals surface area (Å²) in [5.41, 5.74) is 2.17. The van der Waals surface area contributed by atoms with E-state index >= 15 is 0 Å². The maximum Gasteiger partial charge on any atom is 0.226 e. The number of carbonyl (C=O) groups is 1. The predicted molar refractivity (Wildman–Crippen MR) is 120 cm³/mol. The number of hydrogen-bond acceptors (Lipinski definition) is 5. The molecule has 4 bridgehead atoms. The van der Waals surface area contributed by atoms with E-state index in [1.807, 2.05) is 11.8 Å². The van der Waals surface area contributed by atoms with Gasteiger partial charge in [0.1, 0.15) is 12.1 Å². The van der Waals surface area contributed by atoms with Crippen LogP contribution in [0.5, 0.6) is 0 Å². The zero-order valence-electron chi connectivity index (χ0n) is 19.3. The van der Waals surface area contributed by atoms with Gasteiger partial charge in [-0.05, 0) is 74.0 Å². The number of aromatic nitrogens is 2. The van der Waals surface area contributed by atoms with E-state index in [2.05, 4.69) is 29.1 Å². The largest absolute Gasteiger partial charge is 0.391 e. The monoisotopic (exact) mass is 426 g/mol. The van der Waals surface area contributed by atoms with Crippen LogP contribution in [0, 0.1) is 35.0 Å². The average Bonchev–Trinajstić information content (AvgIpc) is 2.74. The van der Waals surface area contributed by atoms with Gasteiger partial charge in [-0.1, -0.05) is 20.8 Å². The van der Waals surface area contributed by atoms with Gasteiger partial charge in [0.15, 0.2) is 0 Å². The van der Waals surface area contributed by atoms with Crippen LogP contribution in [0.1, 0.15) is 70.6 Å². The van der Waals surface area contributed by atoms with Gasteiger partial charge in [0.25, 0.3) is 0 Å². The van der Waals surface area contributed by atoms with Crippen molar-refractivity contribution >= 4 is 11.7 Å². The Kier molecular flexibility index (Phi) is 5.48. The third kappa shape index (κ3) is 3.85. The highest BCUT2D eigenvalue weighted by molar-refractivity contribution is 5.79. The van der Waals surface area contributed by atoms with Gasteiger partial charge in [-0.3, -0.25) is 4.79 Å². The van der Waals surface area contributed by atoms with Crippen LogP contribution in [0.2, 0.25) is 0 Å². The lowest BCUT2D eigenvalue weighted by atomic mass is 9.48. The van der Waals surface area contributed by atoms with Crippen LogP contribution in [0.4, 0.5) is 5.82 Å². The SMILES string of the molecule is CC(C)C(C)C(=O)N1CCc2c(ncnc2NC[C@H](O)C23CC4CC(CC(C4)C2)C3)C1. The van der Waals surface area contributed by atoms with Crippen molar-refractivity contribution in [2.45, 2.75) is 78.4 Å². The number of anilines is 1. The van der Waals surface area contributed by atoms with E-state index < -0.39 is 0 Å². The molecule has 4 saturated carbocycles. The van der Waals surface area contributed by atoms with Crippen molar-refractivity contribution in [1.29, 1.82) is 0 Å². The van der Waals surface area contributed by atoms with Gasteiger partial charge < -0.3 is 15.3 Å². The summed E-state index contributed by atoms with van der Waals surface area (Å²) in [4.78, 5) is 23.7. The second kappa shape index (κ2) is 8.02. The van der Waals surface area contributed by atoms with Crippen LogP contribution in [0.15, 0.2) is 6.33 Å². The van der Waals surface area contributed by atoms with E-state index in [9.17, 15) is 9.90 Å². The van der Waals surface area contributed by atoms with Crippen molar-refractivity contribution in [3.05, 3.63) is 17.6 Å². The molecule has 5 aliphatic rings. The van der Waals surface area contributed by atoms with Crippen LogP contribution in [-0.4, -0.2) is 45.1 Å². The fourth-order valence-corrected chi connectivity index (χ4v) is 7.26. The van der Waals surface area contributed by atoms with Crippen LogP contribution >= 0.6 is 0 Å². The summed E-state index contributed by atoms with van der Waals surface area (Å²) in [6.45, 7) is 8.03. The van der Waals surface area contributed by atoms with Crippen LogP contribution in [0.3, 0.4) is 0 Å². The first-order valence-corrected chi connectivity index (χ1v) is 12.4. The molecule has 0 aromatic carbocycles. The predicted octanol–water partition coefficient (Wildman–Crippen LogP) is 3.64. The molecular weight excluding hydrogens is 388 g/mol. The Hall–Kier alpha value is -1.69. The third-order valence-electron chi connectivity index (χ3n) is 8.96. The highest BCUT2D eigenvalue weighted by Gasteiger charge is 2.53. The Labute approximate surface area is 186 Å². The standard InChI is InChI=1S/C25H38N4O2/c1-15(2)16(3)24(31)29-5-4-20-21(13-29)27-14-28-23(20)26-12-22(30)25-9-17-6-18(10-25)8-19(7-17)11-25/h14-19,22,30H,4-13H2,1-3H3,(H,26,27,28)/t16?,17?,18?,19?,22-,25?/m0/s1. The number of aliphatic hydroxyl groups is 1. The zero-order chi connectivity index (χ0) is 21.8. The lowest BCUT2D eigenvalue weighted by Gasteiger charge is -2.58. The van der Waals surface area contributed by atoms with Crippen LogP contribution in [-0.2, 0) is 17.8 Å². The number of carbonyl (C=O) groups excluding carboxylic acids is 1. The molecule has 0 saturated heterocycles. The number of fused-ring (bicyclic) bond motifs is 1. The topological polar surface area (TPSA) is 78.4 Å². The first-order valence-electron chi connectivity index (χ1n) is 12.4. The molecule has 0 spiro atoms. The number of amides is 1. The number of nitrogens with one attached hydrogen (secondary N) is 1. The third-order valence-corrected chi connectivity index (χ3v) is 8.96. The fourth-order valence-electron chi connectivity index (χ4n) is 7.26. The van der Waals surface area contributed by atoms with Gasteiger partial charge in [-0.15, -0.1) is 0 Å². The van der Waals surface area contributed by atoms with Gasteiger partial charge in [-0.25, -0.2) is 9.97 Å². The number of hydrogen-bond donors (Lipinski definition) is 2. The highest BCUT2D eigenvalue weighted by atomic mass is 16.3. The van der Waals surface area contributed by atoms with Crippen molar-refractivity contribution in [2.24, 2.45) is 35.0 Å². The van der Waals surface area contributed by atoms with E-state index in [-0.39, 0.29) is 23.3 Å². The van der Waals surface area contributed by atoms with Crippen LogP contribution < -0.4 is 5.32 Å². The van der Waals surface area contributed by atoms with E-state index in [1.54, 1.807) is 6.33 Å². The van der Waals surface area contributed by atoms with Gasteiger partial charge in [0, 0.05) is 24.6 Å². The maximum absolute atomic E-state index is 12.8. The van der Waals surface area contributed by atoms with E-state index in [0.717, 1.165) is 41.2 Å². The summed E-state index contributed by atoms with van der Waals surface area (Å²) in [6.07, 6.45) is 9.83. The molecule has 0 radical (unpaired) electrons. The lowest BCUT2D eigenvalue weighted by molar-refractivity contribution is -0.137. The molecular formula is C25H38N4O2. The molecule has 31 heavy (non-hydrogen) atoms. The molecule has 1 unspecified atom stereocenters. The summed E-state index contributed by atoms with van der Waals surface area (Å²) in [7, 11) is 0. The number of rotatable bonds is 6. The minimum Gasteiger partial charge on any atom is -0.391 e. The second-order valence-corrected chi connectivity index (χ2v) is 11.4. The van der Waals surface area contributed by atoms with Gasteiger partial charge in [0.2, 0.25) is 5.91 Å². The molecule has 6 nitrogen and oxygen atoms in total. The Morgan fingerprint density at radius 1 is 1.16 bits per heavy atom. The molecule has 6 rings (SSSR count). The average molecular weight is 427 g/mol. The van der Waals surface area contributed by atoms with Crippen LogP contribution in [0.25, 0.3) is 0 Å². The normalized spacial score (nSPS) is 33.3. The minimum atomic E-state index is -0.319. The Morgan fingerprint density at radius 3 is 2.42 bits per heavy atom. The molecule has 1 aliphatic heterocycles. The summed E-state index contributed by atoms with van der Waals surface area (Å²) < 4.78 is 0.